The number of anilines is 2. The number of amides is 1. The normalized spacial score (nSPS) is 11.4. The Morgan fingerprint density at radius 3 is 2.29 bits per heavy atom. The van der Waals surface area contributed by atoms with Gasteiger partial charge < -0.3 is 4.74 Å². The maximum atomic E-state index is 13.5. The molecule has 0 aliphatic heterocycles. The van der Waals surface area contributed by atoms with Crippen molar-refractivity contribution in [2.24, 2.45) is 0 Å². The van der Waals surface area contributed by atoms with E-state index in [1.54, 1.807) is 24.3 Å². The molecule has 158 valence electrons. The summed E-state index contributed by atoms with van der Waals surface area (Å²) in [7, 11) is -3.35. The van der Waals surface area contributed by atoms with E-state index in [1.807, 2.05) is 31.2 Å². The Labute approximate surface area is 184 Å². The van der Waals surface area contributed by atoms with Crippen molar-refractivity contribution in [3.05, 3.63) is 78.4 Å². The van der Waals surface area contributed by atoms with Gasteiger partial charge in [-0.1, -0.05) is 23.5 Å². The highest BCUT2D eigenvalue weighted by molar-refractivity contribution is 7.90. The lowest BCUT2D eigenvalue weighted by Crippen LogP contribution is -2.25. The molecular weight excluding hydrogens is 432 g/mol. The number of hydrogen-bond donors (Lipinski definition) is 0. The maximum absolute atomic E-state index is 13.5. The van der Waals surface area contributed by atoms with Crippen molar-refractivity contribution in [2.45, 2.75) is 11.8 Å². The molecule has 1 amide bonds. The number of fused-ring (bicyclic) bond motifs is 1. The van der Waals surface area contributed by atoms with Crippen molar-refractivity contribution in [1.29, 1.82) is 0 Å². The zero-order valence-corrected chi connectivity index (χ0v) is 18.6. The molecule has 0 unspecified atom stereocenters. The number of carbonyl (C=O) groups excluding carboxylic acids is 1. The average Bonchev–Trinajstić information content (AvgIpc) is 3.18. The number of aromatic nitrogens is 1. The van der Waals surface area contributed by atoms with Crippen molar-refractivity contribution in [3.8, 4) is 5.75 Å². The second-order valence-corrected chi connectivity index (χ2v) is 9.85. The first-order valence-electron chi connectivity index (χ1n) is 9.60. The van der Waals surface area contributed by atoms with Gasteiger partial charge in [-0.2, -0.15) is 0 Å². The Bertz CT molecular complexity index is 1300. The third kappa shape index (κ3) is 4.45. The van der Waals surface area contributed by atoms with Gasteiger partial charge in [-0.25, -0.2) is 13.4 Å². The van der Waals surface area contributed by atoms with Crippen LogP contribution in [-0.2, 0) is 9.84 Å². The highest BCUT2D eigenvalue weighted by Crippen LogP contribution is 2.35. The molecule has 0 saturated heterocycles. The molecule has 31 heavy (non-hydrogen) atoms. The van der Waals surface area contributed by atoms with E-state index in [9.17, 15) is 13.2 Å². The van der Waals surface area contributed by atoms with Crippen molar-refractivity contribution in [3.63, 3.8) is 0 Å². The molecule has 0 atom stereocenters. The molecule has 4 rings (SSSR count). The van der Waals surface area contributed by atoms with E-state index >= 15 is 0 Å². The van der Waals surface area contributed by atoms with E-state index < -0.39 is 9.84 Å². The van der Waals surface area contributed by atoms with Crippen LogP contribution < -0.4 is 9.64 Å². The first-order valence-corrected chi connectivity index (χ1v) is 12.3. The van der Waals surface area contributed by atoms with Crippen molar-refractivity contribution < 1.29 is 17.9 Å². The van der Waals surface area contributed by atoms with Crippen molar-refractivity contribution >= 4 is 48.1 Å². The number of sulfone groups is 1. The SMILES string of the molecule is CCOc1ccc(N(C(=O)c2ccc(S(C)(=O)=O)cc2)c2nc3ccccc3s2)cc1. The molecule has 1 aromatic heterocycles. The highest BCUT2D eigenvalue weighted by Gasteiger charge is 2.24. The van der Waals surface area contributed by atoms with E-state index in [-0.39, 0.29) is 10.8 Å². The summed E-state index contributed by atoms with van der Waals surface area (Å²) in [5.74, 6) is 0.406. The lowest BCUT2D eigenvalue weighted by Gasteiger charge is -2.20. The van der Waals surface area contributed by atoms with Gasteiger partial charge >= 0.3 is 0 Å². The largest absolute Gasteiger partial charge is 0.494 e. The van der Waals surface area contributed by atoms with Gasteiger partial charge in [0.15, 0.2) is 15.0 Å². The molecule has 0 bridgehead atoms. The molecule has 8 heteroatoms. The van der Waals surface area contributed by atoms with Gasteiger partial charge in [-0.05, 0) is 67.6 Å². The average molecular weight is 453 g/mol. The van der Waals surface area contributed by atoms with E-state index in [2.05, 4.69) is 4.98 Å². The summed E-state index contributed by atoms with van der Waals surface area (Å²) < 4.78 is 30.0. The van der Waals surface area contributed by atoms with Gasteiger partial charge in [-0.15, -0.1) is 0 Å². The molecular formula is C23H20N2O4S2. The molecule has 0 radical (unpaired) electrons. The van der Waals surface area contributed by atoms with Crippen LogP contribution in [0.3, 0.4) is 0 Å². The van der Waals surface area contributed by atoms with Crippen LogP contribution in [0.15, 0.2) is 77.7 Å². The Balaban J connectivity index is 1.78. The summed E-state index contributed by atoms with van der Waals surface area (Å²) in [6, 6.07) is 20.8. The van der Waals surface area contributed by atoms with Crippen LogP contribution in [0.4, 0.5) is 10.8 Å². The van der Waals surface area contributed by atoms with E-state index in [0.717, 1.165) is 16.5 Å². The summed E-state index contributed by atoms with van der Waals surface area (Å²) in [4.78, 5) is 19.9. The molecule has 4 aromatic rings. The Morgan fingerprint density at radius 1 is 1.00 bits per heavy atom. The van der Waals surface area contributed by atoms with Crippen LogP contribution in [0.5, 0.6) is 5.75 Å². The van der Waals surface area contributed by atoms with Crippen molar-refractivity contribution in [2.75, 3.05) is 17.8 Å². The minimum atomic E-state index is -3.35. The van der Waals surface area contributed by atoms with Crippen LogP contribution in [0.25, 0.3) is 10.2 Å². The number of nitrogens with zero attached hydrogens (tertiary/aromatic N) is 2. The second kappa shape index (κ2) is 8.49. The van der Waals surface area contributed by atoms with Crippen LogP contribution in [0.1, 0.15) is 17.3 Å². The number of rotatable bonds is 6. The van der Waals surface area contributed by atoms with Crippen LogP contribution in [-0.4, -0.2) is 32.2 Å². The Kier molecular flexibility index (Phi) is 5.75. The number of hydrogen-bond acceptors (Lipinski definition) is 6. The minimum absolute atomic E-state index is 0.164. The van der Waals surface area contributed by atoms with Crippen molar-refractivity contribution in [1.82, 2.24) is 4.98 Å². The summed E-state index contributed by atoms with van der Waals surface area (Å²) in [6.07, 6.45) is 1.14. The molecule has 6 nitrogen and oxygen atoms in total. The molecule has 0 aliphatic rings. The summed E-state index contributed by atoms with van der Waals surface area (Å²) >= 11 is 1.41. The van der Waals surface area contributed by atoms with Gasteiger partial charge in [-0.3, -0.25) is 9.69 Å². The smallest absolute Gasteiger partial charge is 0.264 e. The number of benzene rings is 3. The fourth-order valence-electron chi connectivity index (χ4n) is 3.10. The number of ether oxygens (including phenoxy) is 1. The lowest BCUT2D eigenvalue weighted by molar-refractivity contribution is 0.0999. The van der Waals surface area contributed by atoms with Gasteiger partial charge in [0, 0.05) is 11.8 Å². The van der Waals surface area contributed by atoms with Gasteiger partial charge in [0.2, 0.25) is 0 Å². The first kappa shape index (κ1) is 21.0. The lowest BCUT2D eigenvalue weighted by atomic mass is 10.2. The van der Waals surface area contributed by atoms with Crippen LogP contribution >= 0.6 is 11.3 Å². The van der Waals surface area contributed by atoms with E-state index in [1.165, 1.54) is 40.5 Å². The maximum Gasteiger partial charge on any atom is 0.264 e. The minimum Gasteiger partial charge on any atom is -0.494 e. The fourth-order valence-corrected chi connectivity index (χ4v) is 4.72. The quantitative estimate of drug-likeness (QED) is 0.408. The summed E-state index contributed by atoms with van der Waals surface area (Å²) in [5, 5.41) is 0.530. The molecule has 0 spiro atoms. The first-order chi connectivity index (χ1) is 14.9. The number of para-hydroxylation sites is 1. The van der Waals surface area contributed by atoms with Gasteiger partial charge in [0.05, 0.1) is 27.4 Å². The third-order valence-corrected chi connectivity index (χ3v) is 6.76. The predicted octanol–water partition coefficient (Wildman–Crippen LogP) is 5.08. The number of thiazole rings is 1. The molecule has 1 heterocycles. The zero-order chi connectivity index (χ0) is 22.0. The molecule has 0 aliphatic carbocycles. The molecule has 3 aromatic carbocycles. The number of carbonyl (C=O) groups is 1. The van der Waals surface area contributed by atoms with E-state index in [4.69, 9.17) is 4.74 Å². The molecule has 0 saturated carbocycles. The molecule has 0 N–H and O–H groups in total. The fraction of sp³-hybridized carbons (Fsp3) is 0.130. The van der Waals surface area contributed by atoms with E-state index in [0.29, 0.717) is 28.7 Å². The van der Waals surface area contributed by atoms with Gasteiger partial charge in [0.1, 0.15) is 5.75 Å². The second-order valence-electron chi connectivity index (χ2n) is 6.83. The monoisotopic (exact) mass is 452 g/mol. The van der Waals surface area contributed by atoms with Gasteiger partial charge in [0.25, 0.3) is 5.91 Å². The Hall–Kier alpha value is -3.23. The van der Waals surface area contributed by atoms with Crippen LogP contribution in [0.2, 0.25) is 0 Å². The summed E-state index contributed by atoms with van der Waals surface area (Å²) in [5.41, 5.74) is 1.80. The topological polar surface area (TPSA) is 76.6 Å². The third-order valence-electron chi connectivity index (χ3n) is 4.61. The highest BCUT2D eigenvalue weighted by atomic mass is 32.2. The zero-order valence-electron chi connectivity index (χ0n) is 17.0. The summed E-state index contributed by atoms with van der Waals surface area (Å²) in [6.45, 7) is 2.46. The molecule has 0 fully saturated rings. The van der Waals surface area contributed by atoms with Crippen LogP contribution in [0, 0.1) is 0 Å². The predicted molar refractivity (Wildman–Crippen MR) is 123 cm³/mol. The Morgan fingerprint density at radius 2 is 1.68 bits per heavy atom. The standard InChI is InChI=1S/C23H20N2O4S2/c1-3-29-18-12-10-17(11-13-18)25(23-24-20-6-4-5-7-21(20)30-23)22(26)16-8-14-19(15-9-16)31(2,27)28/h4-15H,3H2,1-2H3.